The molecule has 1 aromatic carbocycles. The van der Waals surface area contributed by atoms with Crippen molar-refractivity contribution in [3.05, 3.63) is 29.8 Å². The van der Waals surface area contributed by atoms with Gasteiger partial charge in [0.25, 0.3) is 0 Å². The van der Waals surface area contributed by atoms with Gasteiger partial charge in [-0.05, 0) is 30.7 Å². The second-order valence-corrected chi connectivity index (χ2v) is 6.75. The van der Waals surface area contributed by atoms with Gasteiger partial charge in [0.1, 0.15) is 5.75 Å². The number of carbonyl (C=O) groups excluding carboxylic acids is 1. The highest BCUT2D eigenvalue weighted by atomic mass is 16.5. The molecule has 1 rings (SSSR count). The summed E-state index contributed by atoms with van der Waals surface area (Å²) in [6, 6.07) is 7.04. The number of unbranched alkanes of at least 4 members (excludes halogenated alkanes) is 11. The average molecular weight is 349 g/mol. The van der Waals surface area contributed by atoms with Crippen molar-refractivity contribution in [2.75, 3.05) is 13.7 Å². The third-order valence-electron chi connectivity index (χ3n) is 4.56. The van der Waals surface area contributed by atoms with Gasteiger partial charge in [-0.1, -0.05) is 77.6 Å². The molecule has 3 nitrogen and oxygen atoms in total. The molecule has 0 N–H and O–H groups in total. The fourth-order valence-electron chi connectivity index (χ4n) is 2.92. The predicted molar refractivity (Wildman–Crippen MR) is 104 cm³/mol. The van der Waals surface area contributed by atoms with Crippen LogP contribution >= 0.6 is 0 Å². The van der Waals surface area contributed by atoms with Crippen LogP contribution in [0.2, 0.25) is 0 Å². The molecule has 3 heteroatoms. The predicted octanol–water partition coefficient (Wildman–Crippen LogP) is 6.55. The second kappa shape index (κ2) is 14.8. The fourth-order valence-corrected chi connectivity index (χ4v) is 2.92. The normalized spacial score (nSPS) is 10.6. The van der Waals surface area contributed by atoms with E-state index in [9.17, 15) is 4.79 Å². The Bertz CT molecular complexity index is 439. The van der Waals surface area contributed by atoms with E-state index in [1.807, 2.05) is 0 Å². The standard InChI is InChI=1S/C22H36O3/c1-3-4-5-6-7-8-9-10-11-12-13-14-19-25-22(23)20-15-17-21(24-2)18-16-20/h15-18H,3-14,19H2,1-2H3. The molecule has 0 aliphatic rings. The Labute approximate surface area is 154 Å². The molecule has 0 atom stereocenters. The maximum absolute atomic E-state index is 11.9. The van der Waals surface area contributed by atoms with Gasteiger partial charge in [0.2, 0.25) is 0 Å². The Morgan fingerprint density at radius 1 is 0.760 bits per heavy atom. The van der Waals surface area contributed by atoms with Crippen molar-refractivity contribution in [2.45, 2.75) is 84.0 Å². The molecule has 0 aromatic heterocycles. The third kappa shape index (κ3) is 10.9. The van der Waals surface area contributed by atoms with Crippen LogP contribution in [0.5, 0.6) is 5.75 Å². The highest BCUT2D eigenvalue weighted by Crippen LogP contribution is 2.13. The lowest BCUT2D eigenvalue weighted by atomic mass is 10.1. The zero-order chi connectivity index (χ0) is 18.2. The molecular weight excluding hydrogens is 312 g/mol. The van der Waals surface area contributed by atoms with Crippen molar-refractivity contribution in [1.29, 1.82) is 0 Å². The van der Waals surface area contributed by atoms with Gasteiger partial charge in [0, 0.05) is 0 Å². The zero-order valence-corrected chi connectivity index (χ0v) is 16.2. The van der Waals surface area contributed by atoms with Gasteiger partial charge < -0.3 is 9.47 Å². The number of rotatable bonds is 15. The van der Waals surface area contributed by atoms with Crippen LogP contribution in [0.4, 0.5) is 0 Å². The lowest BCUT2D eigenvalue weighted by Gasteiger charge is -2.06. The zero-order valence-electron chi connectivity index (χ0n) is 16.2. The molecule has 0 saturated carbocycles. The summed E-state index contributed by atoms with van der Waals surface area (Å²) in [5.41, 5.74) is 0.583. The number of hydrogen-bond acceptors (Lipinski definition) is 3. The molecule has 0 saturated heterocycles. The van der Waals surface area contributed by atoms with Crippen molar-refractivity contribution >= 4 is 5.97 Å². The van der Waals surface area contributed by atoms with E-state index in [2.05, 4.69) is 6.92 Å². The highest BCUT2D eigenvalue weighted by Gasteiger charge is 2.06. The summed E-state index contributed by atoms with van der Waals surface area (Å²) in [5, 5.41) is 0. The van der Waals surface area contributed by atoms with E-state index in [1.165, 1.54) is 64.2 Å². The largest absolute Gasteiger partial charge is 0.497 e. The Morgan fingerprint density at radius 2 is 1.24 bits per heavy atom. The lowest BCUT2D eigenvalue weighted by Crippen LogP contribution is -2.06. The van der Waals surface area contributed by atoms with Crippen molar-refractivity contribution < 1.29 is 14.3 Å². The van der Waals surface area contributed by atoms with E-state index in [0.29, 0.717) is 12.2 Å². The molecule has 0 spiro atoms. The summed E-state index contributed by atoms with van der Waals surface area (Å²) < 4.78 is 10.4. The third-order valence-corrected chi connectivity index (χ3v) is 4.56. The minimum atomic E-state index is -0.245. The lowest BCUT2D eigenvalue weighted by molar-refractivity contribution is 0.0497. The van der Waals surface area contributed by atoms with Gasteiger partial charge in [-0.2, -0.15) is 0 Å². The first-order chi connectivity index (χ1) is 12.3. The first-order valence-electron chi connectivity index (χ1n) is 10.1. The summed E-state index contributed by atoms with van der Waals surface area (Å²) in [6.45, 7) is 2.78. The molecule has 0 unspecified atom stereocenters. The monoisotopic (exact) mass is 348 g/mol. The number of esters is 1. The average Bonchev–Trinajstić information content (AvgIpc) is 2.65. The van der Waals surface area contributed by atoms with Crippen molar-refractivity contribution in [3.8, 4) is 5.75 Å². The number of benzene rings is 1. The van der Waals surface area contributed by atoms with E-state index >= 15 is 0 Å². The molecule has 0 radical (unpaired) electrons. The Hall–Kier alpha value is -1.51. The molecule has 0 fully saturated rings. The summed E-state index contributed by atoms with van der Waals surface area (Å²) >= 11 is 0. The van der Waals surface area contributed by atoms with Gasteiger partial charge >= 0.3 is 5.97 Å². The van der Waals surface area contributed by atoms with Crippen LogP contribution in [0.25, 0.3) is 0 Å². The number of carbonyl (C=O) groups is 1. The smallest absolute Gasteiger partial charge is 0.338 e. The van der Waals surface area contributed by atoms with Crippen LogP contribution in [0.15, 0.2) is 24.3 Å². The van der Waals surface area contributed by atoms with Gasteiger partial charge in [-0.15, -0.1) is 0 Å². The molecule has 0 bridgehead atoms. The van der Waals surface area contributed by atoms with Gasteiger partial charge in [0.15, 0.2) is 0 Å². The molecule has 0 amide bonds. The molecule has 0 aliphatic carbocycles. The Morgan fingerprint density at radius 3 is 1.72 bits per heavy atom. The Kier molecular flexibility index (Phi) is 12.7. The summed E-state index contributed by atoms with van der Waals surface area (Å²) in [6.07, 6.45) is 15.7. The van der Waals surface area contributed by atoms with Gasteiger partial charge in [-0.3, -0.25) is 0 Å². The topological polar surface area (TPSA) is 35.5 Å². The van der Waals surface area contributed by atoms with E-state index in [-0.39, 0.29) is 5.97 Å². The van der Waals surface area contributed by atoms with Crippen LogP contribution in [0, 0.1) is 0 Å². The van der Waals surface area contributed by atoms with E-state index < -0.39 is 0 Å². The fraction of sp³-hybridized carbons (Fsp3) is 0.682. The van der Waals surface area contributed by atoms with Crippen molar-refractivity contribution in [1.82, 2.24) is 0 Å². The number of methoxy groups -OCH3 is 1. The van der Waals surface area contributed by atoms with Crippen LogP contribution in [-0.4, -0.2) is 19.7 Å². The SMILES string of the molecule is CCCCCCCCCCCCCCOC(=O)c1ccc(OC)cc1. The van der Waals surface area contributed by atoms with Crippen LogP contribution in [0.1, 0.15) is 94.3 Å². The van der Waals surface area contributed by atoms with Gasteiger partial charge in [0.05, 0.1) is 19.3 Å². The molecule has 0 heterocycles. The quantitative estimate of drug-likeness (QED) is 0.266. The van der Waals surface area contributed by atoms with Crippen LogP contribution in [0.3, 0.4) is 0 Å². The molecule has 25 heavy (non-hydrogen) atoms. The van der Waals surface area contributed by atoms with Crippen LogP contribution in [-0.2, 0) is 4.74 Å². The minimum Gasteiger partial charge on any atom is -0.497 e. The Balaban J connectivity index is 1.90. The first kappa shape index (κ1) is 21.5. The summed E-state index contributed by atoms with van der Waals surface area (Å²) in [7, 11) is 1.61. The molecule has 142 valence electrons. The number of ether oxygens (including phenoxy) is 2. The van der Waals surface area contributed by atoms with E-state index in [1.54, 1.807) is 31.4 Å². The maximum atomic E-state index is 11.9. The minimum absolute atomic E-state index is 0.245. The van der Waals surface area contributed by atoms with Crippen molar-refractivity contribution in [3.63, 3.8) is 0 Å². The summed E-state index contributed by atoms with van der Waals surface area (Å²) in [4.78, 5) is 11.9. The highest BCUT2D eigenvalue weighted by molar-refractivity contribution is 5.89. The van der Waals surface area contributed by atoms with E-state index in [4.69, 9.17) is 9.47 Å². The first-order valence-corrected chi connectivity index (χ1v) is 10.1. The van der Waals surface area contributed by atoms with Crippen molar-refractivity contribution in [2.24, 2.45) is 0 Å². The molecule has 0 aliphatic heterocycles. The summed E-state index contributed by atoms with van der Waals surface area (Å²) in [5.74, 6) is 0.503. The second-order valence-electron chi connectivity index (χ2n) is 6.75. The van der Waals surface area contributed by atoms with E-state index in [0.717, 1.165) is 18.6 Å². The molecular formula is C22H36O3. The van der Waals surface area contributed by atoms with Gasteiger partial charge in [-0.25, -0.2) is 4.79 Å². The molecule has 1 aromatic rings. The van der Waals surface area contributed by atoms with Crippen LogP contribution < -0.4 is 4.74 Å². The maximum Gasteiger partial charge on any atom is 0.338 e. The number of hydrogen-bond donors (Lipinski definition) is 0.